The maximum absolute atomic E-state index is 12.3. The zero-order valence-corrected chi connectivity index (χ0v) is 13.9. The molecule has 0 saturated carbocycles. The summed E-state index contributed by atoms with van der Waals surface area (Å²) in [6.07, 6.45) is 0. The summed E-state index contributed by atoms with van der Waals surface area (Å²) in [7, 11) is 1.96. The highest BCUT2D eigenvalue weighted by Gasteiger charge is 2.21. The van der Waals surface area contributed by atoms with E-state index in [1.807, 2.05) is 29.0 Å². The van der Waals surface area contributed by atoms with Gasteiger partial charge in [-0.15, -0.1) is 11.3 Å². The molecule has 0 atom stereocenters. The van der Waals surface area contributed by atoms with Crippen LogP contribution in [0, 0.1) is 0 Å². The van der Waals surface area contributed by atoms with E-state index in [4.69, 9.17) is 11.6 Å². The Kier molecular flexibility index (Phi) is 6.30. The molecule has 108 valence electrons. The molecule has 0 fully saturated rings. The molecule has 0 aromatic carbocycles. The zero-order chi connectivity index (χ0) is 14.6. The largest absolute Gasteiger partial charge is 0.337 e. The highest BCUT2D eigenvalue weighted by atomic mass is 35.5. The van der Waals surface area contributed by atoms with Crippen LogP contribution in [-0.4, -0.2) is 41.4 Å². The summed E-state index contributed by atoms with van der Waals surface area (Å²) in [5, 5.41) is 0. The molecule has 1 amide bonds. The van der Waals surface area contributed by atoms with E-state index >= 15 is 0 Å². The molecule has 1 rings (SSSR count). The van der Waals surface area contributed by atoms with Gasteiger partial charge in [0.2, 0.25) is 5.91 Å². The number of hydrogen-bond acceptors (Lipinski definition) is 3. The molecule has 0 bridgehead atoms. The Hall–Kier alpha value is -0.580. The molecule has 1 aromatic rings. The van der Waals surface area contributed by atoms with Crippen LogP contribution >= 0.6 is 22.9 Å². The van der Waals surface area contributed by atoms with Crippen molar-refractivity contribution in [3.8, 4) is 0 Å². The monoisotopic (exact) mass is 302 g/mol. The van der Waals surface area contributed by atoms with Crippen LogP contribution in [0.3, 0.4) is 0 Å². The van der Waals surface area contributed by atoms with Gasteiger partial charge in [0.05, 0.1) is 10.9 Å². The fourth-order valence-corrected chi connectivity index (χ4v) is 3.41. The normalized spacial score (nSPS) is 11.6. The summed E-state index contributed by atoms with van der Waals surface area (Å²) < 4.78 is 0.792. The van der Waals surface area contributed by atoms with Gasteiger partial charge in [-0.25, -0.2) is 0 Å². The van der Waals surface area contributed by atoms with Gasteiger partial charge in [-0.05, 0) is 46.9 Å². The van der Waals surface area contributed by atoms with Crippen molar-refractivity contribution in [1.82, 2.24) is 9.80 Å². The van der Waals surface area contributed by atoms with Crippen LogP contribution in [0.5, 0.6) is 0 Å². The van der Waals surface area contributed by atoms with Crippen molar-refractivity contribution in [2.24, 2.45) is 0 Å². The van der Waals surface area contributed by atoms with Crippen molar-refractivity contribution in [3.63, 3.8) is 0 Å². The molecule has 0 saturated heterocycles. The number of hydrogen-bond donors (Lipinski definition) is 0. The molecular weight excluding hydrogens is 280 g/mol. The van der Waals surface area contributed by atoms with Crippen LogP contribution in [0.15, 0.2) is 12.1 Å². The Morgan fingerprint density at radius 1 is 1.26 bits per heavy atom. The highest BCUT2D eigenvalue weighted by Crippen LogP contribution is 2.22. The number of likely N-dealkylation sites (N-methyl/N-ethyl adjacent to an activating group) is 1. The molecule has 0 aliphatic heterocycles. The minimum Gasteiger partial charge on any atom is -0.337 e. The lowest BCUT2D eigenvalue weighted by molar-refractivity contribution is -0.135. The average Bonchev–Trinajstić information content (AvgIpc) is 2.61. The molecule has 0 N–H and O–H groups in total. The SMILES string of the molecule is CC(C)N(C(=O)CN(C)Cc1ccc(Cl)s1)C(C)C. The first-order chi connectivity index (χ1) is 8.81. The van der Waals surface area contributed by atoms with Crippen molar-refractivity contribution < 1.29 is 4.79 Å². The third-order valence-electron chi connectivity index (χ3n) is 2.86. The predicted octanol–water partition coefficient (Wildman–Crippen LogP) is 3.48. The molecule has 1 heterocycles. The number of carbonyl (C=O) groups excluding carboxylic acids is 1. The second-order valence-corrected chi connectivity index (χ2v) is 7.17. The van der Waals surface area contributed by atoms with E-state index in [2.05, 4.69) is 27.7 Å². The van der Waals surface area contributed by atoms with Crippen LogP contribution in [-0.2, 0) is 11.3 Å². The minimum absolute atomic E-state index is 0.176. The van der Waals surface area contributed by atoms with Gasteiger partial charge in [-0.3, -0.25) is 9.69 Å². The zero-order valence-electron chi connectivity index (χ0n) is 12.3. The number of thiophene rings is 1. The number of carbonyl (C=O) groups is 1. The van der Waals surface area contributed by atoms with Crippen LogP contribution in [0.1, 0.15) is 32.6 Å². The van der Waals surface area contributed by atoms with E-state index in [0.29, 0.717) is 6.54 Å². The fraction of sp³-hybridized carbons (Fsp3) is 0.643. The molecular formula is C14H23ClN2OS. The van der Waals surface area contributed by atoms with Crippen molar-refractivity contribution >= 4 is 28.8 Å². The quantitative estimate of drug-likeness (QED) is 0.803. The Morgan fingerprint density at radius 2 is 1.84 bits per heavy atom. The standard InChI is InChI=1S/C14H23ClN2OS/c1-10(2)17(11(3)4)14(18)9-16(5)8-12-6-7-13(15)19-12/h6-7,10-11H,8-9H2,1-5H3. The minimum atomic E-state index is 0.176. The molecule has 0 spiro atoms. The van der Waals surface area contributed by atoms with Crippen molar-refractivity contribution in [2.75, 3.05) is 13.6 Å². The van der Waals surface area contributed by atoms with Crippen molar-refractivity contribution in [2.45, 2.75) is 46.3 Å². The molecule has 0 aliphatic carbocycles. The number of amides is 1. The lowest BCUT2D eigenvalue weighted by Gasteiger charge is -2.32. The van der Waals surface area contributed by atoms with Gasteiger partial charge in [0, 0.05) is 23.5 Å². The average molecular weight is 303 g/mol. The van der Waals surface area contributed by atoms with E-state index in [-0.39, 0.29) is 18.0 Å². The topological polar surface area (TPSA) is 23.6 Å². The number of rotatable bonds is 6. The first kappa shape index (κ1) is 16.5. The molecule has 0 radical (unpaired) electrons. The Bertz CT molecular complexity index is 409. The lowest BCUT2D eigenvalue weighted by Crippen LogP contribution is -2.46. The van der Waals surface area contributed by atoms with Gasteiger partial charge < -0.3 is 4.90 Å². The molecule has 5 heteroatoms. The van der Waals surface area contributed by atoms with Gasteiger partial charge >= 0.3 is 0 Å². The molecule has 3 nitrogen and oxygen atoms in total. The molecule has 0 unspecified atom stereocenters. The van der Waals surface area contributed by atoms with Crippen molar-refractivity contribution in [3.05, 3.63) is 21.3 Å². The van der Waals surface area contributed by atoms with E-state index in [1.165, 1.54) is 4.88 Å². The van der Waals surface area contributed by atoms with E-state index in [1.54, 1.807) is 11.3 Å². The summed E-state index contributed by atoms with van der Waals surface area (Å²) in [5.41, 5.74) is 0. The highest BCUT2D eigenvalue weighted by molar-refractivity contribution is 7.16. The molecule has 19 heavy (non-hydrogen) atoms. The molecule has 1 aromatic heterocycles. The Balaban J connectivity index is 2.55. The fourth-order valence-electron chi connectivity index (χ4n) is 2.24. The van der Waals surface area contributed by atoms with Crippen LogP contribution in [0.25, 0.3) is 0 Å². The van der Waals surface area contributed by atoms with Gasteiger partial charge in [0.15, 0.2) is 0 Å². The maximum atomic E-state index is 12.3. The van der Waals surface area contributed by atoms with Gasteiger partial charge in [0.25, 0.3) is 0 Å². The first-order valence-corrected chi connectivity index (χ1v) is 7.74. The summed E-state index contributed by atoms with van der Waals surface area (Å²) in [6, 6.07) is 4.37. The Labute approximate surface area is 125 Å². The third kappa shape index (κ3) is 5.13. The number of halogens is 1. The van der Waals surface area contributed by atoms with Crippen LogP contribution in [0.2, 0.25) is 4.34 Å². The van der Waals surface area contributed by atoms with Crippen molar-refractivity contribution in [1.29, 1.82) is 0 Å². The smallest absolute Gasteiger partial charge is 0.237 e. The van der Waals surface area contributed by atoms with E-state index in [9.17, 15) is 4.79 Å². The maximum Gasteiger partial charge on any atom is 0.237 e. The van der Waals surface area contributed by atoms with Crippen LogP contribution < -0.4 is 0 Å². The second-order valence-electron chi connectivity index (χ2n) is 5.37. The molecule has 0 aliphatic rings. The van der Waals surface area contributed by atoms with Gasteiger partial charge in [-0.2, -0.15) is 0 Å². The van der Waals surface area contributed by atoms with E-state index < -0.39 is 0 Å². The van der Waals surface area contributed by atoms with Crippen LogP contribution in [0.4, 0.5) is 0 Å². The first-order valence-electron chi connectivity index (χ1n) is 6.55. The third-order valence-corrected chi connectivity index (χ3v) is 4.08. The lowest BCUT2D eigenvalue weighted by atomic mass is 10.2. The summed E-state index contributed by atoms with van der Waals surface area (Å²) in [5.74, 6) is 0.176. The second kappa shape index (κ2) is 7.27. The summed E-state index contributed by atoms with van der Waals surface area (Å²) >= 11 is 7.47. The summed E-state index contributed by atoms with van der Waals surface area (Å²) in [4.78, 5) is 17.4. The van der Waals surface area contributed by atoms with Gasteiger partial charge in [-0.1, -0.05) is 11.6 Å². The predicted molar refractivity (Wildman–Crippen MR) is 82.8 cm³/mol. The number of nitrogens with zero attached hydrogens (tertiary/aromatic N) is 2. The Morgan fingerprint density at radius 3 is 2.26 bits per heavy atom. The summed E-state index contributed by atoms with van der Waals surface area (Å²) in [6.45, 7) is 9.40. The van der Waals surface area contributed by atoms with Gasteiger partial charge in [0.1, 0.15) is 0 Å². The van der Waals surface area contributed by atoms with E-state index in [0.717, 1.165) is 10.9 Å².